The molecule has 0 bridgehead atoms. The number of aliphatic imine (C=N–C) groups is 1. The van der Waals surface area contributed by atoms with Crippen molar-refractivity contribution in [2.75, 3.05) is 33.4 Å². The first-order valence-corrected chi connectivity index (χ1v) is 8.42. The Balaban J connectivity index is 1.97. The molecule has 0 amide bonds. The number of hydrogen-bond acceptors (Lipinski definition) is 4. The number of guanidine groups is 1. The average molecular weight is 310 g/mol. The lowest BCUT2D eigenvalue weighted by Crippen LogP contribution is -2.41. The van der Waals surface area contributed by atoms with E-state index in [0.29, 0.717) is 12.5 Å². The van der Waals surface area contributed by atoms with Crippen LogP contribution >= 0.6 is 11.3 Å². The van der Waals surface area contributed by atoms with Crippen LogP contribution in [0.25, 0.3) is 0 Å². The minimum atomic E-state index is 0.614. The highest BCUT2D eigenvalue weighted by atomic mass is 32.1. The van der Waals surface area contributed by atoms with Crippen molar-refractivity contribution in [3.8, 4) is 0 Å². The summed E-state index contributed by atoms with van der Waals surface area (Å²) < 4.78 is 5.45. The van der Waals surface area contributed by atoms with Crippen LogP contribution in [-0.4, -0.2) is 49.2 Å². The summed E-state index contributed by atoms with van der Waals surface area (Å²) >= 11 is 1.73. The molecule has 0 saturated carbocycles. The van der Waals surface area contributed by atoms with Gasteiger partial charge in [-0.3, -0.25) is 0 Å². The molecule has 2 heterocycles. The maximum Gasteiger partial charge on any atom is 0.194 e. The van der Waals surface area contributed by atoms with E-state index in [-0.39, 0.29) is 0 Å². The summed E-state index contributed by atoms with van der Waals surface area (Å²) in [4.78, 5) is 12.8. The van der Waals surface area contributed by atoms with Gasteiger partial charge in [-0.05, 0) is 27.2 Å². The third-order valence-corrected chi connectivity index (χ3v) is 4.75. The van der Waals surface area contributed by atoms with Crippen LogP contribution in [0.4, 0.5) is 0 Å². The molecule has 0 aromatic carbocycles. The lowest BCUT2D eigenvalue weighted by molar-refractivity contribution is 0.181. The average Bonchev–Trinajstić information content (AvgIpc) is 3.05. The number of hydrogen-bond donors (Lipinski definition) is 1. The smallest absolute Gasteiger partial charge is 0.194 e. The Kier molecular flexibility index (Phi) is 5.99. The van der Waals surface area contributed by atoms with Gasteiger partial charge in [0.25, 0.3) is 0 Å². The Morgan fingerprint density at radius 2 is 2.33 bits per heavy atom. The zero-order valence-electron chi connectivity index (χ0n) is 13.5. The second-order valence-electron chi connectivity index (χ2n) is 5.53. The molecular weight excluding hydrogens is 284 g/mol. The fourth-order valence-electron chi connectivity index (χ4n) is 2.42. The van der Waals surface area contributed by atoms with Crippen molar-refractivity contribution in [1.29, 1.82) is 0 Å². The molecule has 1 aromatic heterocycles. The van der Waals surface area contributed by atoms with E-state index in [1.165, 1.54) is 4.88 Å². The Bertz CT molecular complexity index is 461. The van der Waals surface area contributed by atoms with E-state index < -0.39 is 0 Å². The maximum absolute atomic E-state index is 5.45. The number of nitrogens with zero attached hydrogens (tertiary/aromatic N) is 3. The highest BCUT2D eigenvalue weighted by molar-refractivity contribution is 7.11. The van der Waals surface area contributed by atoms with Gasteiger partial charge in [0.1, 0.15) is 5.01 Å². The second-order valence-corrected chi connectivity index (χ2v) is 6.82. The van der Waals surface area contributed by atoms with E-state index in [1.807, 2.05) is 0 Å². The standard InChI is InChI=1S/C15H26N4OS/c1-5-16-15(19(4)9-13-6-7-20-10-13)17-8-14-18-11(2)12(3)21-14/h13H,5-10H2,1-4H3,(H,16,17). The molecule has 118 valence electrons. The summed E-state index contributed by atoms with van der Waals surface area (Å²) in [5.74, 6) is 1.57. The third-order valence-electron chi connectivity index (χ3n) is 3.69. The van der Waals surface area contributed by atoms with Crippen LogP contribution in [0.15, 0.2) is 4.99 Å². The SMILES string of the molecule is CCNC(=NCc1nc(C)c(C)s1)N(C)CC1CCOC1. The zero-order chi connectivity index (χ0) is 15.2. The van der Waals surface area contributed by atoms with E-state index in [9.17, 15) is 0 Å². The molecule has 0 radical (unpaired) electrons. The quantitative estimate of drug-likeness (QED) is 0.669. The topological polar surface area (TPSA) is 49.8 Å². The van der Waals surface area contributed by atoms with Crippen molar-refractivity contribution in [2.45, 2.75) is 33.7 Å². The number of thiazole rings is 1. The Labute approximate surface area is 131 Å². The third kappa shape index (κ3) is 4.68. The monoisotopic (exact) mass is 310 g/mol. The predicted molar refractivity (Wildman–Crippen MR) is 88.0 cm³/mol. The number of aromatic nitrogens is 1. The van der Waals surface area contributed by atoms with Crippen molar-refractivity contribution in [3.63, 3.8) is 0 Å². The Hall–Kier alpha value is -1.14. The molecule has 21 heavy (non-hydrogen) atoms. The molecule has 1 fully saturated rings. The molecule has 6 heteroatoms. The van der Waals surface area contributed by atoms with Gasteiger partial charge in [-0.1, -0.05) is 0 Å². The molecule has 1 aliphatic rings. The van der Waals surface area contributed by atoms with Crippen LogP contribution < -0.4 is 5.32 Å². The van der Waals surface area contributed by atoms with Gasteiger partial charge in [-0.2, -0.15) is 0 Å². The van der Waals surface area contributed by atoms with Gasteiger partial charge >= 0.3 is 0 Å². The lowest BCUT2D eigenvalue weighted by Gasteiger charge is -2.24. The molecule has 2 rings (SSSR count). The number of nitrogens with one attached hydrogen (secondary N) is 1. The van der Waals surface area contributed by atoms with E-state index in [4.69, 9.17) is 9.73 Å². The zero-order valence-corrected chi connectivity index (χ0v) is 14.3. The minimum Gasteiger partial charge on any atom is -0.381 e. The van der Waals surface area contributed by atoms with Crippen LogP contribution in [0.3, 0.4) is 0 Å². The number of rotatable bonds is 5. The summed E-state index contributed by atoms with van der Waals surface area (Å²) in [5.41, 5.74) is 1.12. The molecule has 1 N–H and O–H groups in total. The highest BCUT2D eigenvalue weighted by Gasteiger charge is 2.19. The summed E-state index contributed by atoms with van der Waals surface area (Å²) in [6, 6.07) is 0. The molecule has 0 spiro atoms. The van der Waals surface area contributed by atoms with Gasteiger partial charge in [0.15, 0.2) is 5.96 Å². The first-order chi connectivity index (χ1) is 10.1. The fraction of sp³-hybridized carbons (Fsp3) is 0.733. The van der Waals surface area contributed by atoms with E-state index >= 15 is 0 Å². The summed E-state index contributed by atoms with van der Waals surface area (Å²) in [7, 11) is 2.10. The minimum absolute atomic E-state index is 0.614. The van der Waals surface area contributed by atoms with Crippen LogP contribution in [0.2, 0.25) is 0 Å². The number of aryl methyl sites for hydroxylation is 2. The normalized spacial score (nSPS) is 19.0. The van der Waals surface area contributed by atoms with Crippen molar-refractivity contribution in [2.24, 2.45) is 10.9 Å². The van der Waals surface area contributed by atoms with Gasteiger partial charge in [-0.25, -0.2) is 9.98 Å². The first-order valence-electron chi connectivity index (χ1n) is 7.60. The van der Waals surface area contributed by atoms with Gasteiger partial charge in [0.05, 0.1) is 18.8 Å². The molecule has 1 unspecified atom stereocenters. The molecule has 1 atom stereocenters. The summed E-state index contributed by atoms with van der Waals surface area (Å²) in [6.07, 6.45) is 1.15. The molecule has 1 saturated heterocycles. The molecule has 1 aromatic rings. The summed E-state index contributed by atoms with van der Waals surface area (Å²) in [5, 5.41) is 4.44. The molecule has 1 aliphatic heterocycles. The molecular formula is C15H26N4OS. The van der Waals surface area contributed by atoms with E-state index in [0.717, 1.165) is 49.4 Å². The predicted octanol–water partition coefficient (Wildman–Crippen LogP) is 2.19. The Morgan fingerprint density at radius 1 is 1.52 bits per heavy atom. The van der Waals surface area contributed by atoms with Crippen molar-refractivity contribution < 1.29 is 4.74 Å². The molecule has 0 aliphatic carbocycles. The Morgan fingerprint density at radius 3 is 2.90 bits per heavy atom. The van der Waals surface area contributed by atoms with Crippen LogP contribution in [0.5, 0.6) is 0 Å². The number of ether oxygens (including phenoxy) is 1. The summed E-state index contributed by atoms with van der Waals surface area (Å²) in [6.45, 7) is 10.5. The van der Waals surface area contributed by atoms with Crippen LogP contribution in [0, 0.1) is 19.8 Å². The largest absolute Gasteiger partial charge is 0.381 e. The van der Waals surface area contributed by atoms with Crippen LogP contribution in [-0.2, 0) is 11.3 Å². The van der Waals surface area contributed by atoms with E-state index in [2.05, 4.69) is 43.0 Å². The molecule has 5 nitrogen and oxygen atoms in total. The van der Waals surface area contributed by atoms with Gasteiger partial charge < -0.3 is 15.0 Å². The van der Waals surface area contributed by atoms with Gasteiger partial charge in [0, 0.05) is 37.5 Å². The van der Waals surface area contributed by atoms with Crippen LogP contribution in [0.1, 0.15) is 28.9 Å². The van der Waals surface area contributed by atoms with Gasteiger partial charge in [-0.15, -0.1) is 11.3 Å². The maximum atomic E-state index is 5.45. The van der Waals surface area contributed by atoms with E-state index in [1.54, 1.807) is 11.3 Å². The second kappa shape index (κ2) is 7.75. The van der Waals surface area contributed by atoms with Crippen molar-refractivity contribution in [3.05, 3.63) is 15.6 Å². The van der Waals surface area contributed by atoms with Crippen molar-refractivity contribution >= 4 is 17.3 Å². The fourth-order valence-corrected chi connectivity index (χ4v) is 3.28. The first kappa shape index (κ1) is 16.2. The highest BCUT2D eigenvalue weighted by Crippen LogP contribution is 2.17. The van der Waals surface area contributed by atoms with Crippen molar-refractivity contribution in [1.82, 2.24) is 15.2 Å². The lowest BCUT2D eigenvalue weighted by atomic mass is 10.1. The van der Waals surface area contributed by atoms with Gasteiger partial charge in [0.2, 0.25) is 0 Å².